The molecule has 1 saturated heterocycles. The van der Waals surface area contributed by atoms with Gasteiger partial charge in [0.05, 0.1) is 6.54 Å². The van der Waals surface area contributed by atoms with Crippen LogP contribution >= 0.6 is 0 Å². The van der Waals surface area contributed by atoms with E-state index in [0.717, 1.165) is 26.1 Å². The highest BCUT2D eigenvalue weighted by Gasteiger charge is 2.36. The predicted octanol–water partition coefficient (Wildman–Crippen LogP) is 2.29. The summed E-state index contributed by atoms with van der Waals surface area (Å²) in [5.74, 6) is 0.151. The topological polar surface area (TPSA) is 58.4 Å². The average molecular weight is 329 g/mol. The Bertz CT molecular complexity index is 553. The lowest BCUT2D eigenvalue weighted by molar-refractivity contribution is -0.122. The number of hydrogen-bond donors (Lipinski definition) is 2. The van der Waals surface area contributed by atoms with E-state index in [9.17, 15) is 4.79 Å². The molecule has 0 spiro atoms. The molecule has 24 heavy (non-hydrogen) atoms. The zero-order chi connectivity index (χ0) is 17.0. The fraction of sp³-hybridized carbons (Fsp3) is 0.650. The second-order valence-corrected chi connectivity index (χ2v) is 8.11. The molecule has 3 rings (SSSR count). The number of rotatable bonds is 6. The highest BCUT2D eigenvalue weighted by Crippen LogP contribution is 2.40. The first-order chi connectivity index (χ1) is 11.6. The van der Waals surface area contributed by atoms with E-state index in [1.54, 1.807) is 0 Å². The summed E-state index contributed by atoms with van der Waals surface area (Å²) < 4.78 is 0. The molecule has 1 heterocycles. The molecule has 1 saturated carbocycles. The van der Waals surface area contributed by atoms with E-state index in [1.807, 2.05) is 0 Å². The number of carbonyl (C=O) groups excluding carboxylic acids is 1. The second-order valence-electron chi connectivity index (χ2n) is 8.11. The summed E-state index contributed by atoms with van der Waals surface area (Å²) in [6.45, 7) is 6.08. The summed E-state index contributed by atoms with van der Waals surface area (Å²) in [5, 5.41) is 3.22. The number of likely N-dealkylation sites (tertiary alicyclic amines) is 1. The van der Waals surface area contributed by atoms with Gasteiger partial charge in [-0.1, -0.05) is 50.1 Å². The molecule has 1 aromatic rings. The summed E-state index contributed by atoms with van der Waals surface area (Å²) in [7, 11) is 0. The van der Waals surface area contributed by atoms with Crippen LogP contribution in [0, 0.1) is 5.41 Å². The number of carbonyl (C=O) groups is 1. The monoisotopic (exact) mass is 329 g/mol. The third-order valence-corrected chi connectivity index (χ3v) is 6.07. The van der Waals surface area contributed by atoms with Gasteiger partial charge in [0.15, 0.2) is 0 Å². The van der Waals surface area contributed by atoms with Crippen molar-refractivity contribution in [2.24, 2.45) is 11.1 Å². The van der Waals surface area contributed by atoms with Crippen molar-refractivity contribution in [3.05, 3.63) is 35.9 Å². The van der Waals surface area contributed by atoms with E-state index in [-0.39, 0.29) is 16.7 Å². The molecule has 2 aliphatic rings. The number of hydrogen-bond acceptors (Lipinski definition) is 3. The van der Waals surface area contributed by atoms with Crippen LogP contribution in [0.2, 0.25) is 0 Å². The van der Waals surface area contributed by atoms with Crippen LogP contribution in [0.5, 0.6) is 0 Å². The minimum absolute atomic E-state index is 0.133. The highest BCUT2D eigenvalue weighted by molar-refractivity contribution is 5.78. The number of amides is 1. The van der Waals surface area contributed by atoms with Gasteiger partial charge < -0.3 is 11.1 Å². The maximum absolute atomic E-state index is 12.4. The normalized spacial score (nSPS) is 26.6. The Hall–Kier alpha value is -1.39. The lowest BCUT2D eigenvalue weighted by Gasteiger charge is -2.30. The molecule has 2 fully saturated rings. The summed E-state index contributed by atoms with van der Waals surface area (Å²) in [5.41, 5.74) is 7.54. The Kier molecular flexibility index (Phi) is 5.26. The molecule has 1 amide bonds. The minimum Gasteiger partial charge on any atom is -0.354 e. The van der Waals surface area contributed by atoms with Gasteiger partial charge in [-0.3, -0.25) is 9.69 Å². The number of nitrogens with one attached hydrogen (secondary N) is 1. The zero-order valence-electron chi connectivity index (χ0n) is 14.9. The van der Waals surface area contributed by atoms with E-state index in [0.29, 0.717) is 13.1 Å². The first-order valence-electron chi connectivity index (χ1n) is 9.30. The van der Waals surface area contributed by atoms with E-state index in [2.05, 4.69) is 47.5 Å². The number of nitrogens with two attached hydrogens (primary N) is 1. The average Bonchev–Trinajstić information content (AvgIpc) is 3.22. The van der Waals surface area contributed by atoms with Crippen molar-refractivity contribution in [3.63, 3.8) is 0 Å². The fourth-order valence-corrected chi connectivity index (χ4v) is 4.37. The molecule has 0 bridgehead atoms. The largest absolute Gasteiger partial charge is 0.354 e. The van der Waals surface area contributed by atoms with Gasteiger partial charge in [0.1, 0.15) is 0 Å². The van der Waals surface area contributed by atoms with Gasteiger partial charge in [0, 0.05) is 18.5 Å². The molecule has 3 N–H and O–H groups in total. The molecule has 0 aromatic heterocycles. The molecule has 4 heteroatoms. The van der Waals surface area contributed by atoms with Gasteiger partial charge in [-0.05, 0) is 43.3 Å². The van der Waals surface area contributed by atoms with Crippen molar-refractivity contribution in [1.29, 1.82) is 0 Å². The molecular weight excluding hydrogens is 298 g/mol. The van der Waals surface area contributed by atoms with Crippen LogP contribution in [-0.2, 0) is 10.2 Å². The maximum atomic E-state index is 12.4. The van der Waals surface area contributed by atoms with E-state index >= 15 is 0 Å². The van der Waals surface area contributed by atoms with Gasteiger partial charge in [-0.2, -0.15) is 0 Å². The lowest BCUT2D eigenvalue weighted by atomic mass is 9.79. The Labute approximate surface area is 145 Å². The van der Waals surface area contributed by atoms with E-state index in [4.69, 9.17) is 5.73 Å². The van der Waals surface area contributed by atoms with Crippen molar-refractivity contribution in [1.82, 2.24) is 10.2 Å². The lowest BCUT2D eigenvalue weighted by Crippen LogP contribution is -2.43. The van der Waals surface area contributed by atoms with Crippen LogP contribution in [-0.4, -0.2) is 43.5 Å². The van der Waals surface area contributed by atoms with Crippen molar-refractivity contribution >= 4 is 5.91 Å². The first-order valence-corrected chi connectivity index (χ1v) is 9.30. The Balaban J connectivity index is 1.55. The Morgan fingerprint density at radius 2 is 1.92 bits per heavy atom. The summed E-state index contributed by atoms with van der Waals surface area (Å²) in [6.07, 6.45) is 5.95. The molecule has 1 aromatic carbocycles. The predicted molar refractivity (Wildman–Crippen MR) is 97.8 cm³/mol. The van der Waals surface area contributed by atoms with Crippen molar-refractivity contribution in [2.45, 2.75) is 44.4 Å². The van der Waals surface area contributed by atoms with Crippen LogP contribution < -0.4 is 11.1 Å². The van der Waals surface area contributed by atoms with Crippen molar-refractivity contribution < 1.29 is 4.79 Å². The van der Waals surface area contributed by atoms with Crippen molar-refractivity contribution in [2.75, 3.05) is 32.7 Å². The van der Waals surface area contributed by atoms with Gasteiger partial charge in [-0.25, -0.2) is 0 Å². The number of nitrogens with zero attached hydrogens (tertiary/aromatic N) is 1. The standard InChI is InChI=1S/C20H31N3O/c1-19(14-21)11-12-23(16-19)13-18(24)22-15-20(9-5-6-10-20)17-7-3-2-4-8-17/h2-4,7-8H,5-6,9-16,21H2,1H3,(H,22,24). The van der Waals surface area contributed by atoms with Gasteiger partial charge >= 0.3 is 0 Å². The van der Waals surface area contributed by atoms with Gasteiger partial charge in [-0.15, -0.1) is 0 Å². The highest BCUT2D eigenvalue weighted by atomic mass is 16.2. The van der Waals surface area contributed by atoms with E-state index in [1.165, 1.54) is 31.2 Å². The maximum Gasteiger partial charge on any atom is 0.234 e. The third kappa shape index (κ3) is 3.81. The quantitative estimate of drug-likeness (QED) is 0.842. The summed E-state index contributed by atoms with van der Waals surface area (Å²) >= 11 is 0. The Morgan fingerprint density at radius 3 is 2.54 bits per heavy atom. The fourth-order valence-electron chi connectivity index (χ4n) is 4.37. The van der Waals surface area contributed by atoms with E-state index < -0.39 is 0 Å². The number of benzene rings is 1. The molecule has 0 radical (unpaired) electrons. The molecule has 1 aliphatic carbocycles. The van der Waals surface area contributed by atoms with Gasteiger partial charge in [0.25, 0.3) is 0 Å². The van der Waals surface area contributed by atoms with Crippen LogP contribution in [0.15, 0.2) is 30.3 Å². The summed E-state index contributed by atoms with van der Waals surface area (Å²) in [6, 6.07) is 10.7. The molecular formula is C20H31N3O. The molecule has 132 valence electrons. The second kappa shape index (κ2) is 7.24. The SMILES string of the molecule is CC1(CN)CCN(CC(=O)NCC2(c3ccccc3)CCCC2)C1. The van der Waals surface area contributed by atoms with Crippen LogP contribution in [0.1, 0.15) is 44.6 Å². The van der Waals surface area contributed by atoms with Crippen molar-refractivity contribution in [3.8, 4) is 0 Å². The van der Waals surface area contributed by atoms with Crippen LogP contribution in [0.25, 0.3) is 0 Å². The molecule has 1 unspecified atom stereocenters. The molecule has 1 atom stereocenters. The Morgan fingerprint density at radius 1 is 1.21 bits per heavy atom. The minimum atomic E-state index is 0.133. The van der Waals surface area contributed by atoms with Crippen LogP contribution in [0.3, 0.4) is 0 Å². The molecule has 1 aliphatic heterocycles. The summed E-state index contributed by atoms with van der Waals surface area (Å²) in [4.78, 5) is 14.7. The van der Waals surface area contributed by atoms with Gasteiger partial charge in [0.2, 0.25) is 5.91 Å². The molecule has 4 nitrogen and oxygen atoms in total. The van der Waals surface area contributed by atoms with Crippen LogP contribution in [0.4, 0.5) is 0 Å². The third-order valence-electron chi connectivity index (χ3n) is 6.07. The first kappa shape index (κ1) is 17.4. The smallest absolute Gasteiger partial charge is 0.234 e. The zero-order valence-corrected chi connectivity index (χ0v) is 14.9.